The van der Waals surface area contributed by atoms with Crippen LogP contribution < -0.4 is 5.32 Å². The van der Waals surface area contributed by atoms with Crippen LogP contribution in [0.5, 0.6) is 0 Å². The molecule has 1 aromatic heterocycles. The van der Waals surface area contributed by atoms with Crippen molar-refractivity contribution in [3.05, 3.63) is 12.7 Å². The number of hydrogen-bond donors (Lipinski definition) is 1. The molecule has 14 heavy (non-hydrogen) atoms. The molecule has 1 fully saturated rings. The van der Waals surface area contributed by atoms with Gasteiger partial charge in [0.1, 0.15) is 12.7 Å². The quantitative estimate of drug-likeness (QED) is 0.663. The number of aryl methyl sites for hydroxylation is 1. The van der Waals surface area contributed by atoms with Crippen molar-refractivity contribution in [2.45, 2.75) is 44.7 Å². The van der Waals surface area contributed by atoms with E-state index < -0.39 is 0 Å². The molecule has 1 heterocycles. The summed E-state index contributed by atoms with van der Waals surface area (Å²) in [5.41, 5.74) is 0. The molecule has 0 saturated heterocycles. The maximum atomic E-state index is 4.06. The third-order valence-corrected chi connectivity index (χ3v) is 2.54. The minimum Gasteiger partial charge on any atom is -0.314 e. The Morgan fingerprint density at radius 2 is 2.21 bits per heavy atom. The van der Waals surface area contributed by atoms with E-state index in [4.69, 9.17) is 0 Å². The summed E-state index contributed by atoms with van der Waals surface area (Å²) in [7, 11) is 0. The Labute approximate surface area is 84.7 Å². The van der Waals surface area contributed by atoms with Gasteiger partial charge in [-0.15, -0.1) is 0 Å². The first-order valence-corrected chi connectivity index (χ1v) is 5.51. The molecular formula is C10H18N4. The highest BCUT2D eigenvalue weighted by atomic mass is 15.3. The van der Waals surface area contributed by atoms with Crippen molar-refractivity contribution in [2.24, 2.45) is 0 Å². The third-order valence-electron chi connectivity index (χ3n) is 2.54. The molecule has 0 aromatic carbocycles. The average molecular weight is 194 g/mol. The Bertz CT molecular complexity index is 241. The largest absolute Gasteiger partial charge is 0.314 e. The monoisotopic (exact) mass is 194 g/mol. The minimum atomic E-state index is 0.852. The second kappa shape index (κ2) is 5.10. The van der Waals surface area contributed by atoms with E-state index in [0.717, 1.165) is 12.6 Å². The van der Waals surface area contributed by atoms with Gasteiger partial charge in [-0.05, 0) is 32.2 Å². The first-order chi connectivity index (χ1) is 6.95. The van der Waals surface area contributed by atoms with Crippen LogP contribution in [0.2, 0.25) is 0 Å². The summed E-state index contributed by atoms with van der Waals surface area (Å²) >= 11 is 0. The van der Waals surface area contributed by atoms with E-state index in [2.05, 4.69) is 15.4 Å². The van der Waals surface area contributed by atoms with Crippen LogP contribution in [-0.4, -0.2) is 27.4 Å². The molecule has 1 aliphatic rings. The van der Waals surface area contributed by atoms with Gasteiger partial charge in [-0.25, -0.2) is 4.98 Å². The lowest BCUT2D eigenvalue weighted by molar-refractivity contribution is 0.527. The van der Waals surface area contributed by atoms with E-state index in [-0.39, 0.29) is 0 Å². The molecule has 0 amide bonds. The Morgan fingerprint density at radius 1 is 1.29 bits per heavy atom. The van der Waals surface area contributed by atoms with Gasteiger partial charge in [0, 0.05) is 12.6 Å². The number of rotatable bonds is 7. The SMILES string of the molecule is c1ncn(CCCCCNC2CC2)n1. The molecule has 4 heteroatoms. The zero-order valence-electron chi connectivity index (χ0n) is 8.52. The number of unbranched alkanes of at least 4 members (excludes halogenated alkanes) is 2. The van der Waals surface area contributed by atoms with Crippen molar-refractivity contribution in [3.8, 4) is 0 Å². The lowest BCUT2D eigenvalue weighted by Crippen LogP contribution is -2.17. The van der Waals surface area contributed by atoms with Gasteiger partial charge < -0.3 is 5.32 Å². The predicted molar refractivity (Wildman–Crippen MR) is 54.9 cm³/mol. The van der Waals surface area contributed by atoms with Gasteiger partial charge in [0.25, 0.3) is 0 Å². The lowest BCUT2D eigenvalue weighted by atomic mass is 10.2. The molecule has 1 N–H and O–H groups in total. The van der Waals surface area contributed by atoms with Crippen molar-refractivity contribution in [1.82, 2.24) is 20.1 Å². The number of hydrogen-bond acceptors (Lipinski definition) is 3. The topological polar surface area (TPSA) is 42.7 Å². The van der Waals surface area contributed by atoms with Gasteiger partial charge in [0.2, 0.25) is 0 Å². The second-order valence-electron chi connectivity index (χ2n) is 3.95. The van der Waals surface area contributed by atoms with Crippen LogP contribution in [0.25, 0.3) is 0 Å². The molecule has 0 radical (unpaired) electrons. The van der Waals surface area contributed by atoms with E-state index in [1.54, 1.807) is 12.7 Å². The van der Waals surface area contributed by atoms with Gasteiger partial charge in [0.15, 0.2) is 0 Å². The summed E-state index contributed by atoms with van der Waals surface area (Å²) in [6, 6.07) is 0.852. The molecule has 0 bridgehead atoms. The fourth-order valence-corrected chi connectivity index (χ4v) is 1.52. The molecule has 1 aromatic rings. The van der Waals surface area contributed by atoms with E-state index in [0.29, 0.717) is 0 Å². The van der Waals surface area contributed by atoms with Crippen LogP contribution in [0, 0.1) is 0 Å². The summed E-state index contributed by atoms with van der Waals surface area (Å²) in [4.78, 5) is 3.91. The van der Waals surface area contributed by atoms with Crippen molar-refractivity contribution in [1.29, 1.82) is 0 Å². The number of nitrogens with zero attached hydrogens (tertiary/aromatic N) is 3. The first-order valence-electron chi connectivity index (χ1n) is 5.51. The molecule has 0 aliphatic heterocycles. The van der Waals surface area contributed by atoms with E-state index >= 15 is 0 Å². The summed E-state index contributed by atoms with van der Waals surface area (Å²) in [5, 5.41) is 7.58. The summed E-state index contributed by atoms with van der Waals surface area (Å²) in [5.74, 6) is 0. The van der Waals surface area contributed by atoms with Crippen molar-refractivity contribution in [3.63, 3.8) is 0 Å². The van der Waals surface area contributed by atoms with Gasteiger partial charge in [-0.3, -0.25) is 4.68 Å². The second-order valence-corrected chi connectivity index (χ2v) is 3.95. The molecule has 1 saturated carbocycles. The first kappa shape index (κ1) is 9.65. The van der Waals surface area contributed by atoms with E-state index in [1.807, 2.05) is 4.68 Å². The number of aromatic nitrogens is 3. The fourth-order valence-electron chi connectivity index (χ4n) is 1.52. The molecular weight excluding hydrogens is 176 g/mol. The van der Waals surface area contributed by atoms with Gasteiger partial charge in [-0.1, -0.05) is 6.42 Å². The van der Waals surface area contributed by atoms with Crippen LogP contribution in [0.15, 0.2) is 12.7 Å². The Hall–Kier alpha value is -0.900. The predicted octanol–water partition coefficient (Wildman–Crippen LogP) is 1.20. The van der Waals surface area contributed by atoms with Crippen LogP contribution in [0.1, 0.15) is 32.1 Å². The summed E-state index contributed by atoms with van der Waals surface area (Å²) < 4.78 is 1.90. The number of nitrogens with one attached hydrogen (secondary N) is 1. The van der Waals surface area contributed by atoms with Crippen molar-refractivity contribution in [2.75, 3.05) is 6.54 Å². The zero-order chi connectivity index (χ0) is 9.64. The lowest BCUT2D eigenvalue weighted by Gasteiger charge is -2.02. The molecule has 2 rings (SSSR count). The Kier molecular flexibility index (Phi) is 3.51. The Morgan fingerprint density at radius 3 is 2.93 bits per heavy atom. The highest BCUT2D eigenvalue weighted by Gasteiger charge is 2.19. The van der Waals surface area contributed by atoms with Crippen molar-refractivity contribution >= 4 is 0 Å². The smallest absolute Gasteiger partial charge is 0.137 e. The average Bonchev–Trinajstić information content (AvgIpc) is 2.87. The van der Waals surface area contributed by atoms with Gasteiger partial charge in [-0.2, -0.15) is 5.10 Å². The standard InChI is InChI=1S/C10H18N4/c1(2-6-12-10-4-5-10)3-7-14-9-11-8-13-14/h8-10,12H,1-7H2. The summed E-state index contributed by atoms with van der Waals surface area (Å²) in [6.45, 7) is 2.19. The molecule has 78 valence electrons. The molecule has 0 atom stereocenters. The van der Waals surface area contributed by atoms with Crippen LogP contribution in [0.4, 0.5) is 0 Å². The molecule has 0 spiro atoms. The van der Waals surface area contributed by atoms with E-state index in [1.165, 1.54) is 38.6 Å². The zero-order valence-corrected chi connectivity index (χ0v) is 8.52. The van der Waals surface area contributed by atoms with Crippen molar-refractivity contribution < 1.29 is 0 Å². The van der Waals surface area contributed by atoms with Gasteiger partial charge >= 0.3 is 0 Å². The fraction of sp³-hybridized carbons (Fsp3) is 0.800. The van der Waals surface area contributed by atoms with Crippen LogP contribution in [0.3, 0.4) is 0 Å². The maximum Gasteiger partial charge on any atom is 0.137 e. The highest BCUT2D eigenvalue weighted by Crippen LogP contribution is 2.18. The highest BCUT2D eigenvalue weighted by molar-refractivity contribution is 4.80. The molecule has 0 unspecified atom stereocenters. The minimum absolute atomic E-state index is 0.852. The molecule has 4 nitrogen and oxygen atoms in total. The van der Waals surface area contributed by atoms with Crippen LogP contribution >= 0.6 is 0 Å². The normalized spacial score (nSPS) is 16.0. The van der Waals surface area contributed by atoms with Crippen LogP contribution in [-0.2, 0) is 6.54 Å². The summed E-state index contributed by atoms with van der Waals surface area (Å²) in [6.07, 6.45) is 9.91. The maximum absolute atomic E-state index is 4.06. The third kappa shape index (κ3) is 3.46. The van der Waals surface area contributed by atoms with E-state index in [9.17, 15) is 0 Å². The molecule has 1 aliphatic carbocycles. The Balaban J connectivity index is 1.43. The van der Waals surface area contributed by atoms with Gasteiger partial charge in [0.05, 0.1) is 0 Å².